The Morgan fingerprint density at radius 1 is 1.50 bits per heavy atom. The van der Waals surface area contributed by atoms with Crippen molar-refractivity contribution in [3.05, 3.63) is 39.4 Å². The van der Waals surface area contributed by atoms with Gasteiger partial charge in [0.15, 0.2) is 0 Å². The SMILES string of the molecule is Cn1ccnc1-c1cn(C2CC(O)C(CO)O2)c(=O)[nH]c1=O. The molecule has 3 unspecified atom stereocenters. The van der Waals surface area contributed by atoms with Crippen LogP contribution in [0.3, 0.4) is 0 Å². The molecule has 0 aliphatic carbocycles. The van der Waals surface area contributed by atoms with Crippen LogP contribution in [0.1, 0.15) is 12.6 Å². The van der Waals surface area contributed by atoms with Crippen LogP contribution in [0, 0.1) is 0 Å². The van der Waals surface area contributed by atoms with E-state index in [1.54, 1.807) is 24.0 Å². The highest BCUT2D eigenvalue weighted by molar-refractivity contribution is 5.52. The van der Waals surface area contributed by atoms with Crippen molar-refractivity contribution in [2.75, 3.05) is 6.61 Å². The third kappa shape index (κ3) is 2.39. The summed E-state index contributed by atoms with van der Waals surface area (Å²) in [5.41, 5.74) is -0.968. The maximum absolute atomic E-state index is 12.0. The van der Waals surface area contributed by atoms with E-state index < -0.39 is 29.7 Å². The Bertz CT molecular complexity index is 792. The van der Waals surface area contributed by atoms with Crippen LogP contribution in [-0.4, -0.2) is 48.1 Å². The normalized spacial score (nSPS) is 24.8. The van der Waals surface area contributed by atoms with Gasteiger partial charge in [-0.1, -0.05) is 0 Å². The van der Waals surface area contributed by atoms with E-state index in [0.29, 0.717) is 5.82 Å². The number of aryl methyl sites for hydroxylation is 1. The molecule has 118 valence electrons. The number of rotatable bonds is 3. The summed E-state index contributed by atoms with van der Waals surface area (Å²) in [6.07, 6.45) is 2.36. The van der Waals surface area contributed by atoms with Gasteiger partial charge in [-0.2, -0.15) is 0 Å². The quantitative estimate of drug-likeness (QED) is 0.639. The number of hydrogen-bond donors (Lipinski definition) is 3. The molecule has 3 N–H and O–H groups in total. The van der Waals surface area contributed by atoms with Crippen molar-refractivity contribution in [3.8, 4) is 11.4 Å². The van der Waals surface area contributed by atoms with Crippen LogP contribution < -0.4 is 11.2 Å². The summed E-state index contributed by atoms with van der Waals surface area (Å²) >= 11 is 0. The van der Waals surface area contributed by atoms with Crippen molar-refractivity contribution in [2.24, 2.45) is 7.05 Å². The molecule has 2 aromatic heterocycles. The number of aromatic nitrogens is 4. The van der Waals surface area contributed by atoms with Crippen LogP contribution in [0.5, 0.6) is 0 Å². The zero-order chi connectivity index (χ0) is 15.9. The Morgan fingerprint density at radius 2 is 2.27 bits per heavy atom. The summed E-state index contributed by atoms with van der Waals surface area (Å²) in [6, 6.07) is 0. The molecule has 2 aromatic rings. The van der Waals surface area contributed by atoms with E-state index in [-0.39, 0.29) is 18.6 Å². The number of imidazole rings is 1. The van der Waals surface area contributed by atoms with Gasteiger partial charge in [0.05, 0.1) is 18.3 Å². The van der Waals surface area contributed by atoms with Gasteiger partial charge < -0.3 is 19.5 Å². The number of aliphatic hydroxyl groups is 2. The Labute approximate surface area is 124 Å². The Kier molecular flexibility index (Phi) is 3.69. The van der Waals surface area contributed by atoms with Crippen molar-refractivity contribution < 1.29 is 14.9 Å². The van der Waals surface area contributed by atoms with Gasteiger partial charge in [0.2, 0.25) is 0 Å². The van der Waals surface area contributed by atoms with Crippen LogP contribution in [0.2, 0.25) is 0 Å². The molecule has 0 bridgehead atoms. The highest BCUT2D eigenvalue weighted by Crippen LogP contribution is 2.27. The fourth-order valence-corrected chi connectivity index (χ4v) is 2.53. The molecule has 0 spiro atoms. The summed E-state index contributed by atoms with van der Waals surface area (Å²) in [7, 11) is 1.73. The number of H-pyrrole nitrogens is 1. The highest BCUT2D eigenvalue weighted by atomic mass is 16.5. The number of ether oxygens (including phenoxy) is 1. The predicted octanol–water partition coefficient (Wildman–Crippen LogP) is -1.42. The van der Waals surface area contributed by atoms with Crippen LogP contribution in [0.4, 0.5) is 0 Å². The molecule has 9 heteroatoms. The lowest BCUT2D eigenvalue weighted by atomic mass is 10.2. The van der Waals surface area contributed by atoms with Crippen molar-refractivity contribution in [1.82, 2.24) is 19.1 Å². The summed E-state index contributed by atoms with van der Waals surface area (Å²) < 4.78 is 8.30. The molecule has 0 radical (unpaired) electrons. The second-order valence-electron chi connectivity index (χ2n) is 5.19. The van der Waals surface area contributed by atoms with Gasteiger partial charge in [0, 0.05) is 32.1 Å². The Hall–Kier alpha value is -2.23. The zero-order valence-electron chi connectivity index (χ0n) is 11.8. The number of nitrogens with one attached hydrogen (secondary N) is 1. The standard InChI is InChI=1S/C13H16N4O5/c1-16-3-2-14-11(16)7-5-17(13(21)15-12(7)20)10-4-8(19)9(6-18)22-10/h2-3,5,8-10,18-19H,4,6H2,1H3,(H,15,20,21). The highest BCUT2D eigenvalue weighted by Gasteiger charge is 2.35. The van der Waals surface area contributed by atoms with Gasteiger partial charge in [-0.25, -0.2) is 9.78 Å². The Balaban J connectivity index is 2.05. The molecule has 1 aliphatic heterocycles. The van der Waals surface area contributed by atoms with Crippen LogP contribution in [0.15, 0.2) is 28.2 Å². The van der Waals surface area contributed by atoms with Crippen molar-refractivity contribution in [3.63, 3.8) is 0 Å². The third-order valence-electron chi connectivity index (χ3n) is 3.72. The predicted molar refractivity (Wildman–Crippen MR) is 75.1 cm³/mol. The summed E-state index contributed by atoms with van der Waals surface area (Å²) in [4.78, 5) is 30.3. The molecule has 22 heavy (non-hydrogen) atoms. The molecule has 1 aliphatic rings. The fourth-order valence-electron chi connectivity index (χ4n) is 2.53. The summed E-state index contributed by atoms with van der Waals surface area (Å²) in [6.45, 7) is -0.345. The first kappa shape index (κ1) is 14.7. The van der Waals surface area contributed by atoms with E-state index in [1.807, 2.05) is 0 Å². The van der Waals surface area contributed by atoms with Crippen LogP contribution in [-0.2, 0) is 11.8 Å². The minimum absolute atomic E-state index is 0.150. The molecule has 3 rings (SSSR count). The van der Waals surface area contributed by atoms with E-state index in [9.17, 15) is 14.7 Å². The molecular weight excluding hydrogens is 292 g/mol. The summed E-state index contributed by atoms with van der Waals surface area (Å²) in [5, 5.41) is 18.9. The molecule has 0 saturated carbocycles. The van der Waals surface area contributed by atoms with Gasteiger partial charge in [-0.15, -0.1) is 0 Å². The van der Waals surface area contributed by atoms with E-state index in [2.05, 4.69) is 9.97 Å². The molecule has 0 amide bonds. The maximum atomic E-state index is 12.0. The van der Waals surface area contributed by atoms with Gasteiger partial charge in [0.1, 0.15) is 18.2 Å². The smallest absolute Gasteiger partial charge is 0.330 e. The van der Waals surface area contributed by atoms with E-state index >= 15 is 0 Å². The first-order chi connectivity index (χ1) is 10.5. The number of aliphatic hydroxyl groups excluding tert-OH is 2. The van der Waals surface area contributed by atoms with E-state index in [0.717, 1.165) is 0 Å². The van der Waals surface area contributed by atoms with Gasteiger partial charge in [0.25, 0.3) is 5.56 Å². The molecular formula is C13H16N4O5. The molecule has 1 saturated heterocycles. The Morgan fingerprint density at radius 3 is 2.86 bits per heavy atom. The molecule has 3 heterocycles. The maximum Gasteiger partial charge on any atom is 0.330 e. The monoisotopic (exact) mass is 308 g/mol. The topological polar surface area (TPSA) is 122 Å². The average molecular weight is 308 g/mol. The van der Waals surface area contributed by atoms with Crippen molar-refractivity contribution in [2.45, 2.75) is 24.9 Å². The third-order valence-corrected chi connectivity index (χ3v) is 3.72. The summed E-state index contributed by atoms with van der Waals surface area (Å²) in [5.74, 6) is 0.409. The van der Waals surface area contributed by atoms with E-state index in [4.69, 9.17) is 9.84 Å². The zero-order valence-corrected chi connectivity index (χ0v) is 11.8. The van der Waals surface area contributed by atoms with Crippen LogP contribution in [0.25, 0.3) is 11.4 Å². The van der Waals surface area contributed by atoms with Gasteiger partial charge in [-0.05, 0) is 0 Å². The number of aromatic amines is 1. The second-order valence-corrected chi connectivity index (χ2v) is 5.19. The number of hydrogen-bond acceptors (Lipinski definition) is 6. The first-order valence-corrected chi connectivity index (χ1v) is 6.78. The minimum Gasteiger partial charge on any atom is -0.394 e. The number of nitrogens with zero attached hydrogens (tertiary/aromatic N) is 3. The lowest BCUT2D eigenvalue weighted by Crippen LogP contribution is -2.33. The molecule has 9 nitrogen and oxygen atoms in total. The molecule has 0 aromatic carbocycles. The first-order valence-electron chi connectivity index (χ1n) is 6.78. The fraction of sp³-hybridized carbons (Fsp3) is 0.462. The van der Waals surface area contributed by atoms with Gasteiger partial charge in [-0.3, -0.25) is 14.3 Å². The average Bonchev–Trinajstić information content (AvgIpc) is 3.05. The molecule has 1 fully saturated rings. The largest absolute Gasteiger partial charge is 0.394 e. The van der Waals surface area contributed by atoms with E-state index in [1.165, 1.54) is 10.8 Å². The molecule has 3 atom stereocenters. The van der Waals surface area contributed by atoms with Crippen molar-refractivity contribution >= 4 is 0 Å². The van der Waals surface area contributed by atoms with Crippen LogP contribution >= 0.6 is 0 Å². The van der Waals surface area contributed by atoms with Crippen molar-refractivity contribution in [1.29, 1.82) is 0 Å². The lowest BCUT2D eigenvalue weighted by Gasteiger charge is -2.15. The van der Waals surface area contributed by atoms with Gasteiger partial charge >= 0.3 is 5.69 Å². The second kappa shape index (κ2) is 5.52. The lowest BCUT2D eigenvalue weighted by molar-refractivity contribution is -0.0458. The minimum atomic E-state index is -0.870.